The summed E-state index contributed by atoms with van der Waals surface area (Å²) in [6.45, 7) is 5.29. The molecule has 0 fully saturated rings. The van der Waals surface area contributed by atoms with E-state index in [4.69, 9.17) is 0 Å². The topological polar surface area (TPSA) is 127 Å². The Morgan fingerprint density at radius 1 is 1.30 bits per heavy atom. The lowest BCUT2D eigenvalue weighted by atomic mass is 10.2. The van der Waals surface area contributed by atoms with E-state index in [0.29, 0.717) is 28.4 Å². The highest BCUT2D eigenvalue weighted by Gasteiger charge is 2.25. The highest BCUT2D eigenvalue weighted by Crippen LogP contribution is 2.27. The predicted octanol–water partition coefficient (Wildman–Crippen LogP) is 2.47. The molecule has 27 heavy (non-hydrogen) atoms. The molecule has 1 atom stereocenters. The van der Waals surface area contributed by atoms with E-state index in [9.17, 15) is 19.5 Å². The standard InChI is InChI=1S/C16H17N5O4S2/c1-4-8(12(22)18-16-20-19-9(5-2)26-16)21-6-17-13-10(14(21)23)7(3)11(27-13)15(24)25/h6,8H,4-5H2,1-3H3,(H,24,25)(H,18,20,22). The molecule has 0 spiro atoms. The summed E-state index contributed by atoms with van der Waals surface area (Å²) in [5.74, 6) is -1.50. The Balaban J connectivity index is 1.99. The number of aromatic carboxylic acids is 1. The number of carbonyl (C=O) groups excluding carboxylic acids is 1. The second-order valence-electron chi connectivity index (χ2n) is 5.77. The molecule has 0 saturated carbocycles. The molecule has 0 saturated heterocycles. The average Bonchev–Trinajstić information content (AvgIpc) is 3.22. The number of aryl methyl sites for hydroxylation is 2. The summed E-state index contributed by atoms with van der Waals surface area (Å²) < 4.78 is 1.24. The minimum Gasteiger partial charge on any atom is -0.477 e. The zero-order valence-corrected chi connectivity index (χ0v) is 16.5. The number of hydrogen-bond acceptors (Lipinski definition) is 8. The van der Waals surface area contributed by atoms with Crippen molar-refractivity contribution >= 4 is 49.9 Å². The predicted molar refractivity (Wildman–Crippen MR) is 103 cm³/mol. The lowest BCUT2D eigenvalue weighted by molar-refractivity contribution is -0.119. The number of thiophene rings is 1. The molecule has 3 aromatic rings. The third-order valence-electron chi connectivity index (χ3n) is 4.09. The van der Waals surface area contributed by atoms with Gasteiger partial charge < -0.3 is 5.11 Å². The summed E-state index contributed by atoms with van der Waals surface area (Å²) in [5, 5.41) is 21.2. The van der Waals surface area contributed by atoms with Crippen LogP contribution in [-0.4, -0.2) is 36.7 Å². The SMILES string of the molecule is CCc1nnc(NC(=O)C(CC)n2cnc3sc(C(=O)O)c(C)c3c2=O)s1. The lowest BCUT2D eigenvalue weighted by Gasteiger charge is -2.16. The molecular formula is C16H17N5O4S2. The minimum atomic E-state index is -1.10. The summed E-state index contributed by atoms with van der Waals surface area (Å²) >= 11 is 2.23. The third kappa shape index (κ3) is 3.47. The van der Waals surface area contributed by atoms with Gasteiger partial charge in [0.2, 0.25) is 11.0 Å². The molecule has 0 radical (unpaired) electrons. The summed E-state index contributed by atoms with van der Waals surface area (Å²) in [7, 11) is 0. The quantitative estimate of drug-likeness (QED) is 0.642. The number of carboxylic acid groups (broad SMARTS) is 1. The molecule has 0 aliphatic rings. The van der Waals surface area contributed by atoms with Gasteiger partial charge in [-0.2, -0.15) is 0 Å². The maximum absolute atomic E-state index is 12.9. The fraction of sp³-hybridized carbons (Fsp3) is 0.375. The number of nitrogens with one attached hydrogen (secondary N) is 1. The molecule has 0 aliphatic heterocycles. The number of aromatic nitrogens is 4. The molecule has 3 aromatic heterocycles. The number of hydrogen-bond donors (Lipinski definition) is 2. The number of rotatable bonds is 6. The number of carboxylic acids is 1. The average molecular weight is 407 g/mol. The Hall–Kier alpha value is -2.66. The second-order valence-corrected chi connectivity index (χ2v) is 7.83. The van der Waals surface area contributed by atoms with Crippen LogP contribution < -0.4 is 10.9 Å². The summed E-state index contributed by atoms with van der Waals surface area (Å²) in [4.78, 5) is 41.5. The number of carbonyl (C=O) groups is 2. The zero-order valence-electron chi connectivity index (χ0n) is 14.8. The Morgan fingerprint density at radius 3 is 2.63 bits per heavy atom. The first kappa shape index (κ1) is 19.1. The van der Waals surface area contributed by atoms with Gasteiger partial charge in [0.05, 0.1) is 11.7 Å². The van der Waals surface area contributed by atoms with Crippen LogP contribution in [0.15, 0.2) is 11.1 Å². The molecule has 0 bridgehead atoms. The van der Waals surface area contributed by atoms with Gasteiger partial charge in [0, 0.05) is 0 Å². The Labute approximate surface area is 161 Å². The van der Waals surface area contributed by atoms with E-state index in [1.54, 1.807) is 13.8 Å². The van der Waals surface area contributed by atoms with Gasteiger partial charge in [0.15, 0.2) is 0 Å². The zero-order chi connectivity index (χ0) is 19.7. The van der Waals surface area contributed by atoms with Gasteiger partial charge in [0.25, 0.3) is 5.56 Å². The van der Waals surface area contributed by atoms with Crippen LogP contribution in [0.2, 0.25) is 0 Å². The van der Waals surface area contributed by atoms with E-state index >= 15 is 0 Å². The number of fused-ring (bicyclic) bond motifs is 1. The van der Waals surface area contributed by atoms with Crippen LogP contribution in [-0.2, 0) is 11.2 Å². The van der Waals surface area contributed by atoms with Crippen molar-refractivity contribution < 1.29 is 14.7 Å². The van der Waals surface area contributed by atoms with Crippen LogP contribution in [0, 0.1) is 6.92 Å². The maximum Gasteiger partial charge on any atom is 0.346 e. The highest BCUT2D eigenvalue weighted by molar-refractivity contribution is 7.20. The van der Waals surface area contributed by atoms with E-state index in [1.807, 2.05) is 6.92 Å². The maximum atomic E-state index is 12.9. The smallest absolute Gasteiger partial charge is 0.346 e. The van der Waals surface area contributed by atoms with Gasteiger partial charge in [-0.05, 0) is 25.3 Å². The monoisotopic (exact) mass is 407 g/mol. The lowest BCUT2D eigenvalue weighted by Crippen LogP contribution is -2.33. The van der Waals surface area contributed by atoms with Crippen LogP contribution in [0.1, 0.15) is 46.6 Å². The van der Waals surface area contributed by atoms with Crippen molar-refractivity contribution in [2.75, 3.05) is 5.32 Å². The fourth-order valence-corrected chi connectivity index (χ4v) is 4.37. The molecule has 142 valence electrons. The molecule has 1 unspecified atom stereocenters. The van der Waals surface area contributed by atoms with Crippen molar-refractivity contribution in [2.45, 2.75) is 39.7 Å². The number of anilines is 1. The molecule has 11 heteroatoms. The van der Waals surface area contributed by atoms with Crippen LogP contribution in [0.25, 0.3) is 10.2 Å². The number of amides is 1. The number of nitrogens with zero attached hydrogens (tertiary/aromatic N) is 4. The Kier molecular flexibility index (Phi) is 5.33. The molecule has 0 aromatic carbocycles. The van der Waals surface area contributed by atoms with E-state index < -0.39 is 23.5 Å². The van der Waals surface area contributed by atoms with E-state index in [2.05, 4.69) is 20.5 Å². The highest BCUT2D eigenvalue weighted by atomic mass is 32.1. The molecule has 0 aliphatic carbocycles. The van der Waals surface area contributed by atoms with Gasteiger partial charge in [-0.25, -0.2) is 9.78 Å². The van der Waals surface area contributed by atoms with Crippen molar-refractivity contribution in [3.8, 4) is 0 Å². The van der Waals surface area contributed by atoms with E-state index in [-0.39, 0.29) is 10.3 Å². The fourth-order valence-electron chi connectivity index (χ4n) is 2.71. The van der Waals surface area contributed by atoms with Crippen molar-refractivity contribution in [3.63, 3.8) is 0 Å². The normalized spacial score (nSPS) is 12.3. The molecular weight excluding hydrogens is 390 g/mol. The molecule has 3 heterocycles. The third-order valence-corrected chi connectivity index (χ3v) is 6.27. The van der Waals surface area contributed by atoms with Gasteiger partial charge >= 0.3 is 5.97 Å². The van der Waals surface area contributed by atoms with Crippen LogP contribution in [0.3, 0.4) is 0 Å². The summed E-state index contributed by atoms with van der Waals surface area (Å²) in [6.07, 6.45) is 2.36. The van der Waals surface area contributed by atoms with Gasteiger partial charge in [-0.3, -0.25) is 19.5 Å². The minimum absolute atomic E-state index is 0.0748. The molecule has 2 N–H and O–H groups in total. The molecule has 9 nitrogen and oxygen atoms in total. The largest absolute Gasteiger partial charge is 0.477 e. The summed E-state index contributed by atoms with van der Waals surface area (Å²) in [5.41, 5.74) is -0.0731. The first-order valence-corrected chi connectivity index (χ1v) is 9.87. The van der Waals surface area contributed by atoms with Crippen LogP contribution in [0.4, 0.5) is 5.13 Å². The second kappa shape index (κ2) is 7.53. The van der Waals surface area contributed by atoms with Crippen LogP contribution >= 0.6 is 22.7 Å². The van der Waals surface area contributed by atoms with Gasteiger partial charge in [-0.15, -0.1) is 21.5 Å². The van der Waals surface area contributed by atoms with E-state index in [1.165, 1.54) is 22.2 Å². The molecule has 1 amide bonds. The van der Waals surface area contributed by atoms with Crippen molar-refractivity contribution in [3.05, 3.63) is 32.1 Å². The van der Waals surface area contributed by atoms with Crippen LogP contribution in [0.5, 0.6) is 0 Å². The van der Waals surface area contributed by atoms with Crippen molar-refractivity contribution in [1.82, 2.24) is 19.7 Å². The van der Waals surface area contributed by atoms with Gasteiger partial charge in [-0.1, -0.05) is 25.2 Å². The van der Waals surface area contributed by atoms with E-state index in [0.717, 1.165) is 16.3 Å². The Morgan fingerprint density at radius 2 is 2.04 bits per heavy atom. The summed E-state index contributed by atoms with van der Waals surface area (Å²) in [6, 6.07) is -0.795. The van der Waals surface area contributed by atoms with Crippen molar-refractivity contribution in [1.29, 1.82) is 0 Å². The first-order chi connectivity index (χ1) is 12.9. The Bertz CT molecular complexity index is 1080. The first-order valence-electron chi connectivity index (χ1n) is 8.24. The van der Waals surface area contributed by atoms with Crippen molar-refractivity contribution in [2.24, 2.45) is 0 Å². The van der Waals surface area contributed by atoms with Gasteiger partial charge in [0.1, 0.15) is 20.8 Å². The molecule has 3 rings (SSSR count).